The van der Waals surface area contributed by atoms with Gasteiger partial charge in [0.15, 0.2) is 0 Å². The molecule has 0 saturated heterocycles. The average molecular weight is 177 g/mol. The summed E-state index contributed by atoms with van der Waals surface area (Å²) in [5, 5.41) is 0. The maximum absolute atomic E-state index is 11.4. The highest BCUT2D eigenvalue weighted by Crippen LogP contribution is 2.15. The van der Waals surface area contributed by atoms with E-state index in [-0.39, 0.29) is 11.7 Å². The molecular formula is C11H15NO. The Morgan fingerprint density at radius 1 is 1.62 bits per heavy atom. The largest absolute Gasteiger partial charge is 0.299 e. The third-order valence-electron chi connectivity index (χ3n) is 2.21. The molecule has 0 fully saturated rings. The lowest BCUT2D eigenvalue weighted by Gasteiger charge is -2.08. The summed E-state index contributed by atoms with van der Waals surface area (Å²) in [4.78, 5) is 15.6. The fourth-order valence-electron chi connectivity index (χ4n) is 1.27. The van der Waals surface area contributed by atoms with E-state index in [1.54, 1.807) is 6.20 Å². The monoisotopic (exact) mass is 177 g/mol. The maximum Gasteiger partial charge on any atom is 0.141 e. The molecule has 13 heavy (non-hydrogen) atoms. The number of rotatable bonds is 3. The van der Waals surface area contributed by atoms with Crippen LogP contribution in [0, 0.1) is 6.92 Å². The van der Waals surface area contributed by atoms with Crippen LogP contribution in [0.1, 0.15) is 37.4 Å². The molecule has 2 nitrogen and oxygen atoms in total. The number of hydrogen-bond acceptors (Lipinski definition) is 2. The Hall–Kier alpha value is -1.18. The van der Waals surface area contributed by atoms with Crippen LogP contribution < -0.4 is 0 Å². The molecule has 1 rings (SSSR count). The molecule has 1 heterocycles. The summed E-state index contributed by atoms with van der Waals surface area (Å²) in [5.74, 6) is 0.183. The van der Waals surface area contributed by atoms with Gasteiger partial charge < -0.3 is 0 Å². The standard InChI is InChI=1S/C11H15NO/c1-4-11(13)9(3)10-7-8(2)5-6-12-10/h5-7,9H,4H2,1-3H3. The summed E-state index contributed by atoms with van der Waals surface area (Å²) < 4.78 is 0. The summed E-state index contributed by atoms with van der Waals surface area (Å²) in [5.41, 5.74) is 2.03. The van der Waals surface area contributed by atoms with Crippen LogP contribution >= 0.6 is 0 Å². The van der Waals surface area contributed by atoms with Crippen LogP contribution in [0.2, 0.25) is 0 Å². The van der Waals surface area contributed by atoms with Gasteiger partial charge in [-0.05, 0) is 31.5 Å². The Bertz CT molecular complexity index is 307. The van der Waals surface area contributed by atoms with Gasteiger partial charge in [0.1, 0.15) is 5.78 Å². The van der Waals surface area contributed by atoms with E-state index in [9.17, 15) is 4.79 Å². The predicted octanol–water partition coefficient (Wildman–Crippen LogP) is 2.47. The molecule has 0 aliphatic heterocycles. The first-order valence-corrected chi connectivity index (χ1v) is 4.60. The smallest absolute Gasteiger partial charge is 0.141 e. The van der Waals surface area contributed by atoms with Crippen molar-refractivity contribution in [3.63, 3.8) is 0 Å². The van der Waals surface area contributed by atoms with Gasteiger partial charge in [-0.1, -0.05) is 6.92 Å². The summed E-state index contributed by atoms with van der Waals surface area (Å²) in [7, 11) is 0. The Morgan fingerprint density at radius 3 is 2.85 bits per heavy atom. The quantitative estimate of drug-likeness (QED) is 0.710. The van der Waals surface area contributed by atoms with Gasteiger partial charge in [0.05, 0.1) is 11.6 Å². The van der Waals surface area contributed by atoms with Crippen LogP contribution in [0.15, 0.2) is 18.3 Å². The molecule has 1 atom stereocenters. The molecule has 0 aromatic carbocycles. The van der Waals surface area contributed by atoms with Crippen LogP contribution in [0.4, 0.5) is 0 Å². The third-order valence-corrected chi connectivity index (χ3v) is 2.21. The molecule has 1 aromatic heterocycles. The zero-order valence-electron chi connectivity index (χ0n) is 8.37. The molecule has 2 heteroatoms. The molecule has 0 spiro atoms. The van der Waals surface area contributed by atoms with Gasteiger partial charge in [-0.3, -0.25) is 9.78 Å². The van der Waals surface area contributed by atoms with Gasteiger partial charge in [-0.25, -0.2) is 0 Å². The number of carbonyl (C=O) groups is 1. The molecule has 0 amide bonds. The van der Waals surface area contributed by atoms with Crippen molar-refractivity contribution in [2.24, 2.45) is 0 Å². The highest BCUT2D eigenvalue weighted by atomic mass is 16.1. The first-order valence-electron chi connectivity index (χ1n) is 4.60. The molecule has 0 saturated carbocycles. The highest BCUT2D eigenvalue weighted by Gasteiger charge is 2.13. The number of hydrogen-bond donors (Lipinski definition) is 0. The third kappa shape index (κ3) is 2.38. The Morgan fingerprint density at radius 2 is 2.31 bits per heavy atom. The van der Waals surface area contributed by atoms with Gasteiger partial charge in [0.2, 0.25) is 0 Å². The maximum atomic E-state index is 11.4. The van der Waals surface area contributed by atoms with Crippen molar-refractivity contribution in [3.05, 3.63) is 29.6 Å². The zero-order valence-corrected chi connectivity index (χ0v) is 8.37. The first-order chi connectivity index (χ1) is 6.15. The number of carbonyl (C=O) groups excluding carboxylic acids is 1. The molecular weight excluding hydrogens is 162 g/mol. The van der Waals surface area contributed by atoms with Gasteiger partial charge >= 0.3 is 0 Å². The molecule has 0 aliphatic rings. The van der Waals surface area contributed by atoms with E-state index in [2.05, 4.69) is 4.98 Å². The lowest BCUT2D eigenvalue weighted by Crippen LogP contribution is -2.09. The van der Waals surface area contributed by atoms with Crippen molar-refractivity contribution < 1.29 is 4.79 Å². The molecule has 1 unspecified atom stereocenters. The Kier molecular flexibility index (Phi) is 3.18. The van der Waals surface area contributed by atoms with Gasteiger partial charge in [-0.15, -0.1) is 0 Å². The summed E-state index contributed by atoms with van der Waals surface area (Å²) in [6, 6.07) is 3.91. The fourth-order valence-corrected chi connectivity index (χ4v) is 1.27. The van der Waals surface area contributed by atoms with E-state index in [1.807, 2.05) is 32.9 Å². The van der Waals surface area contributed by atoms with Gasteiger partial charge in [-0.2, -0.15) is 0 Å². The van der Waals surface area contributed by atoms with E-state index in [0.29, 0.717) is 6.42 Å². The fraction of sp³-hybridized carbons (Fsp3) is 0.455. The molecule has 0 aliphatic carbocycles. The van der Waals surface area contributed by atoms with Gasteiger partial charge in [0.25, 0.3) is 0 Å². The number of Topliss-reactive ketones (excluding diaryl/α,β-unsaturated/α-hetero) is 1. The van der Waals surface area contributed by atoms with Crippen molar-refractivity contribution in [2.75, 3.05) is 0 Å². The van der Waals surface area contributed by atoms with E-state index in [4.69, 9.17) is 0 Å². The van der Waals surface area contributed by atoms with Crippen molar-refractivity contribution in [3.8, 4) is 0 Å². The number of nitrogens with zero attached hydrogens (tertiary/aromatic N) is 1. The van der Waals surface area contributed by atoms with Crippen LogP contribution in [0.25, 0.3) is 0 Å². The molecule has 0 N–H and O–H groups in total. The molecule has 0 bridgehead atoms. The number of pyridine rings is 1. The zero-order chi connectivity index (χ0) is 9.84. The van der Waals surface area contributed by atoms with Crippen molar-refractivity contribution >= 4 is 5.78 Å². The number of aryl methyl sites for hydroxylation is 1. The van der Waals surface area contributed by atoms with Crippen molar-refractivity contribution in [1.82, 2.24) is 4.98 Å². The van der Waals surface area contributed by atoms with Gasteiger partial charge in [0, 0.05) is 12.6 Å². The molecule has 1 aromatic rings. The minimum absolute atomic E-state index is 0.0649. The van der Waals surface area contributed by atoms with E-state index in [0.717, 1.165) is 11.3 Å². The lowest BCUT2D eigenvalue weighted by atomic mass is 9.99. The summed E-state index contributed by atoms with van der Waals surface area (Å²) >= 11 is 0. The number of ketones is 1. The summed E-state index contributed by atoms with van der Waals surface area (Å²) in [6.07, 6.45) is 2.33. The average Bonchev–Trinajstić information content (AvgIpc) is 2.15. The minimum Gasteiger partial charge on any atom is -0.299 e. The van der Waals surface area contributed by atoms with E-state index in [1.165, 1.54) is 0 Å². The normalized spacial score (nSPS) is 12.5. The van der Waals surface area contributed by atoms with Crippen LogP contribution in [0.5, 0.6) is 0 Å². The van der Waals surface area contributed by atoms with E-state index < -0.39 is 0 Å². The second-order valence-electron chi connectivity index (χ2n) is 3.30. The Labute approximate surface area is 79.0 Å². The van der Waals surface area contributed by atoms with Crippen LogP contribution in [-0.2, 0) is 4.79 Å². The van der Waals surface area contributed by atoms with Crippen molar-refractivity contribution in [1.29, 1.82) is 0 Å². The topological polar surface area (TPSA) is 30.0 Å². The number of aromatic nitrogens is 1. The lowest BCUT2D eigenvalue weighted by molar-refractivity contribution is -0.119. The van der Waals surface area contributed by atoms with Crippen LogP contribution in [-0.4, -0.2) is 10.8 Å². The second kappa shape index (κ2) is 4.17. The van der Waals surface area contributed by atoms with Crippen molar-refractivity contribution in [2.45, 2.75) is 33.1 Å². The highest BCUT2D eigenvalue weighted by molar-refractivity contribution is 5.84. The molecule has 0 radical (unpaired) electrons. The predicted molar refractivity (Wildman–Crippen MR) is 52.7 cm³/mol. The first kappa shape index (κ1) is 9.90. The Balaban J connectivity index is 2.88. The molecule has 70 valence electrons. The SMILES string of the molecule is CCC(=O)C(C)c1cc(C)ccn1. The second-order valence-corrected chi connectivity index (χ2v) is 3.30. The van der Waals surface area contributed by atoms with E-state index >= 15 is 0 Å². The summed E-state index contributed by atoms with van der Waals surface area (Å²) in [6.45, 7) is 5.80. The van der Waals surface area contributed by atoms with Crippen LogP contribution in [0.3, 0.4) is 0 Å². The minimum atomic E-state index is -0.0649.